The van der Waals surface area contributed by atoms with Gasteiger partial charge in [-0.3, -0.25) is 0 Å². The van der Waals surface area contributed by atoms with Crippen LogP contribution in [0.5, 0.6) is 17.2 Å². The summed E-state index contributed by atoms with van der Waals surface area (Å²) in [5.74, 6) is 1.91. The van der Waals surface area contributed by atoms with Crippen molar-refractivity contribution in [3.8, 4) is 17.2 Å². The summed E-state index contributed by atoms with van der Waals surface area (Å²) in [5, 5.41) is 10.7. The summed E-state index contributed by atoms with van der Waals surface area (Å²) in [6.45, 7) is 1.98. The monoisotopic (exact) mass is 288 g/mol. The lowest BCUT2D eigenvalue weighted by Gasteiger charge is -2.18. The molecule has 21 heavy (non-hydrogen) atoms. The Kier molecular flexibility index (Phi) is 4.70. The molecule has 0 radical (unpaired) electrons. The number of benzene rings is 2. The van der Waals surface area contributed by atoms with E-state index in [4.69, 9.17) is 14.2 Å². The summed E-state index contributed by atoms with van der Waals surface area (Å²) in [4.78, 5) is 0. The van der Waals surface area contributed by atoms with Gasteiger partial charge < -0.3 is 19.3 Å². The fourth-order valence-electron chi connectivity index (χ4n) is 2.26. The first-order valence-corrected chi connectivity index (χ1v) is 6.65. The van der Waals surface area contributed by atoms with Gasteiger partial charge in [0.1, 0.15) is 23.4 Å². The molecular formula is C17H20O4. The van der Waals surface area contributed by atoms with E-state index in [9.17, 15) is 5.11 Å². The molecule has 0 fully saturated rings. The predicted octanol–water partition coefficient (Wildman–Crippen LogP) is 3.10. The number of rotatable bonds is 5. The van der Waals surface area contributed by atoms with Gasteiger partial charge in [0, 0.05) is 17.2 Å². The minimum absolute atomic E-state index is 0.574. The highest BCUT2D eigenvalue weighted by Crippen LogP contribution is 2.36. The summed E-state index contributed by atoms with van der Waals surface area (Å²) in [7, 11) is 4.75. The molecule has 0 bridgehead atoms. The van der Waals surface area contributed by atoms with Gasteiger partial charge in [-0.1, -0.05) is 12.1 Å². The summed E-state index contributed by atoms with van der Waals surface area (Å²) < 4.78 is 15.9. The van der Waals surface area contributed by atoms with Gasteiger partial charge in [-0.2, -0.15) is 0 Å². The van der Waals surface area contributed by atoms with Crippen molar-refractivity contribution < 1.29 is 19.3 Å². The third-order valence-corrected chi connectivity index (χ3v) is 3.42. The molecule has 1 N–H and O–H groups in total. The Bertz CT molecular complexity index is 622. The van der Waals surface area contributed by atoms with Crippen LogP contribution in [-0.2, 0) is 0 Å². The lowest BCUT2D eigenvalue weighted by molar-refractivity contribution is 0.209. The largest absolute Gasteiger partial charge is 0.497 e. The van der Waals surface area contributed by atoms with Gasteiger partial charge in [-0.05, 0) is 30.7 Å². The molecule has 1 atom stereocenters. The Morgan fingerprint density at radius 2 is 1.38 bits per heavy atom. The predicted molar refractivity (Wildman–Crippen MR) is 81.3 cm³/mol. The molecule has 0 aromatic heterocycles. The molecule has 0 saturated heterocycles. The number of aliphatic hydroxyl groups is 1. The second-order valence-electron chi connectivity index (χ2n) is 4.76. The van der Waals surface area contributed by atoms with Gasteiger partial charge in [0.15, 0.2) is 0 Å². The van der Waals surface area contributed by atoms with Crippen LogP contribution >= 0.6 is 0 Å². The second-order valence-corrected chi connectivity index (χ2v) is 4.76. The molecule has 0 aliphatic rings. The molecule has 1 unspecified atom stereocenters. The van der Waals surface area contributed by atoms with E-state index < -0.39 is 6.10 Å². The van der Waals surface area contributed by atoms with E-state index in [1.165, 1.54) is 0 Å². The SMILES string of the molecule is COc1ccc(C(O)c2ccc(C)cc2OC)c(OC)c1. The Labute approximate surface area is 124 Å². The maximum absolute atomic E-state index is 10.7. The molecule has 0 spiro atoms. The highest BCUT2D eigenvalue weighted by Gasteiger charge is 2.19. The van der Waals surface area contributed by atoms with Crippen LogP contribution in [0, 0.1) is 6.92 Å². The zero-order chi connectivity index (χ0) is 15.4. The van der Waals surface area contributed by atoms with Gasteiger partial charge in [0.2, 0.25) is 0 Å². The average Bonchev–Trinajstić information content (AvgIpc) is 2.53. The molecule has 0 amide bonds. The van der Waals surface area contributed by atoms with Crippen LogP contribution in [0.15, 0.2) is 36.4 Å². The van der Waals surface area contributed by atoms with E-state index in [2.05, 4.69) is 0 Å². The van der Waals surface area contributed by atoms with E-state index in [0.29, 0.717) is 28.4 Å². The van der Waals surface area contributed by atoms with Gasteiger partial charge in [-0.15, -0.1) is 0 Å². The van der Waals surface area contributed by atoms with Gasteiger partial charge in [0.05, 0.1) is 21.3 Å². The molecule has 2 aromatic rings. The first-order chi connectivity index (χ1) is 10.1. The van der Waals surface area contributed by atoms with Gasteiger partial charge >= 0.3 is 0 Å². The summed E-state index contributed by atoms with van der Waals surface area (Å²) in [5.41, 5.74) is 2.44. The maximum atomic E-state index is 10.7. The highest BCUT2D eigenvalue weighted by molar-refractivity contribution is 5.48. The molecule has 0 aliphatic heterocycles. The van der Waals surface area contributed by atoms with Crippen molar-refractivity contribution in [3.63, 3.8) is 0 Å². The molecule has 4 nitrogen and oxygen atoms in total. The molecule has 4 heteroatoms. The quantitative estimate of drug-likeness (QED) is 0.918. The second kappa shape index (κ2) is 6.50. The standard InChI is InChI=1S/C17H20O4/c1-11-5-7-13(15(9-11)20-3)17(18)14-8-6-12(19-2)10-16(14)21-4/h5-10,17-18H,1-4H3. The summed E-state index contributed by atoms with van der Waals surface area (Å²) in [6, 6.07) is 11.0. The zero-order valence-corrected chi connectivity index (χ0v) is 12.7. The molecule has 0 heterocycles. The van der Waals surface area contributed by atoms with E-state index in [0.717, 1.165) is 5.56 Å². The fourth-order valence-corrected chi connectivity index (χ4v) is 2.26. The topological polar surface area (TPSA) is 47.9 Å². The molecule has 2 aromatic carbocycles. The Hall–Kier alpha value is -2.20. The van der Waals surface area contributed by atoms with Crippen LogP contribution in [0.4, 0.5) is 0 Å². The van der Waals surface area contributed by atoms with Crippen LogP contribution < -0.4 is 14.2 Å². The minimum Gasteiger partial charge on any atom is -0.497 e. The zero-order valence-electron chi connectivity index (χ0n) is 12.7. The lowest BCUT2D eigenvalue weighted by Crippen LogP contribution is -2.05. The Balaban J connectivity index is 2.46. The number of aliphatic hydroxyl groups excluding tert-OH is 1. The molecule has 112 valence electrons. The number of hydrogen-bond donors (Lipinski definition) is 1. The lowest BCUT2D eigenvalue weighted by atomic mass is 9.98. The van der Waals surface area contributed by atoms with E-state index in [1.54, 1.807) is 39.5 Å². The number of aryl methyl sites for hydroxylation is 1. The van der Waals surface area contributed by atoms with Crippen LogP contribution in [0.3, 0.4) is 0 Å². The fraction of sp³-hybridized carbons (Fsp3) is 0.294. The van der Waals surface area contributed by atoms with E-state index in [1.807, 2.05) is 25.1 Å². The third-order valence-electron chi connectivity index (χ3n) is 3.42. The van der Waals surface area contributed by atoms with Crippen LogP contribution in [-0.4, -0.2) is 26.4 Å². The Morgan fingerprint density at radius 3 is 1.95 bits per heavy atom. The average molecular weight is 288 g/mol. The molecular weight excluding hydrogens is 268 g/mol. The van der Waals surface area contributed by atoms with Crippen LogP contribution in [0.1, 0.15) is 22.8 Å². The number of ether oxygens (including phenoxy) is 3. The van der Waals surface area contributed by atoms with Crippen molar-refractivity contribution in [2.24, 2.45) is 0 Å². The highest BCUT2D eigenvalue weighted by atomic mass is 16.5. The Morgan fingerprint density at radius 1 is 0.810 bits per heavy atom. The van der Waals surface area contributed by atoms with Crippen LogP contribution in [0.25, 0.3) is 0 Å². The number of hydrogen-bond acceptors (Lipinski definition) is 4. The molecule has 2 rings (SSSR count). The first kappa shape index (κ1) is 15.2. The molecule has 0 aliphatic carbocycles. The summed E-state index contributed by atoms with van der Waals surface area (Å²) in [6.07, 6.45) is -0.832. The van der Waals surface area contributed by atoms with Crippen molar-refractivity contribution >= 4 is 0 Å². The summed E-state index contributed by atoms with van der Waals surface area (Å²) >= 11 is 0. The van der Waals surface area contributed by atoms with Crippen molar-refractivity contribution in [1.82, 2.24) is 0 Å². The number of methoxy groups -OCH3 is 3. The van der Waals surface area contributed by atoms with Crippen LogP contribution in [0.2, 0.25) is 0 Å². The van der Waals surface area contributed by atoms with E-state index >= 15 is 0 Å². The molecule has 0 saturated carbocycles. The normalized spacial score (nSPS) is 11.9. The third kappa shape index (κ3) is 3.11. The van der Waals surface area contributed by atoms with Crippen molar-refractivity contribution in [2.75, 3.05) is 21.3 Å². The minimum atomic E-state index is -0.832. The smallest absolute Gasteiger partial charge is 0.128 e. The van der Waals surface area contributed by atoms with Crippen molar-refractivity contribution in [3.05, 3.63) is 53.1 Å². The maximum Gasteiger partial charge on any atom is 0.128 e. The first-order valence-electron chi connectivity index (χ1n) is 6.65. The van der Waals surface area contributed by atoms with Crippen molar-refractivity contribution in [2.45, 2.75) is 13.0 Å². The van der Waals surface area contributed by atoms with Gasteiger partial charge in [-0.25, -0.2) is 0 Å². The van der Waals surface area contributed by atoms with E-state index in [-0.39, 0.29) is 0 Å². The van der Waals surface area contributed by atoms with Crippen molar-refractivity contribution in [1.29, 1.82) is 0 Å². The van der Waals surface area contributed by atoms with Gasteiger partial charge in [0.25, 0.3) is 0 Å².